The van der Waals surface area contributed by atoms with Crippen molar-refractivity contribution in [1.29, 1.82) is 0 Å². The Hall–Kier alpha value is -2.15. The van der Waals surface area contributed by atoms with E-state index < -0.39 is 7.14 Å². The van der Waals surface area contributed by atoms with Crippen LogP contribution in [0.25, 0.3) is 0 Å². The molecule has 2 fully saturated rings. The molecular formula is C22H30N5O3P. The van der Waals surface area contributed by atoms with Gasteiger partial charge in [0.05, 0.1) is 24.5 Å². The van der Waals surface area contributed by atoms with Gasteiger partial charge < -0.3 is 29.6 Å². The number of nitrogens with zero attached hydrogens (tertiary/aromatic N) is 3. The van der Waals surface area contributed by atoms with Gasteiger partial charge >= 0.3 is 0 Å². The van der Waals surface area contributed by atoms with E-state index >= 15 is 0 Å². The number of fused-ring (bicyclic) bond motifs is 2. The largest absolute Gasteiger partial charge is 0.484 e. The van der Waals surface area contributed by atoms with Crippen molar-refractivity contribution >= 4 is 29.8 Å². The Balaban J connectivity index is 1.57. The van der Waals surface area contributed by atoms with E-state index in [1.54, 1.807) is 13.3 Å². The zero-order chi connectivity index (χ0) is 21.4. The third kappa shape index (κ3) is 4.16. The molecule has 2 N–H and O–H groups in total. The summed E-state index contributed by atoms with van der Waals surface area (Å²) in [6.07, 6.45) is 3.89. The van der Waals surface area contributed by atoms with E-state index in [1.807, 2.05) is 12.3 Å². The molecule has 3 aliphatic rings. The van der Waals surface area contributed by atoms with Gasteiger partial charge in [0.15, 0.2) is 5.75 Å². The van der Waals surface area contributed by atoms with Crippen LogP contribution in [0.1, 0.15) is 30.0 Å². The first-order valence-corrected chi connectivity index (χ1v) is 13.6. The Bertz CT molecular complexity index is 1010. The average molecular weight is 443 g/mol. The van der Waals surface area contributed by atoms with E-state index in [-0.39, 0.29) is 0 Å². The fraction of sp³-hybridized carbons (Fsp3) is 0.545. The van der Waals surface area contributed by atoms with Gasteiger partial charge in [-0.3, -0.25) is 0 Å². The molecule has 0 unspecified atom stereocenters. The molecule has 0 saturated carbocycles. The van der Waals surface area contributed by atoms with Gasteiger partial charge in [-0.15, -0.1) is 0 Å². The number of hydrogen-bond donors (Lipinski definition) is 2. The molecule has 0 radical (unpaired) electrons. The van der Waals surface area contributed by atoms with Crippen LogP contribution in [0.3, 0.4) is 0 Å². The van der Waals surface area contributed by atoms with Crippen LogP contribution < -0.4 is 25.7 Å². The van der Waals surface area contributed by atoms with Crippen molar-refractivity contribution < 1.29 is 14.0 Å². The summed E-state index contributed by atoms with van der Waals surface area (Å²) in [6, 6.07) is 4.11. The normalized spacial score (nSPS) is 19.6. The molecule has 8 nitrogen and oxygen atoms in total. The molecule has 166 valence electrons. The van der Waals surface area contributed by atoms with Gasteiger partial charge in [0.2, 0.25) is 0 Å². The number of hydrogen-bond acceptors (Lipinski definition) is 8. The van der Waals surface area contributed by atoms with Gasteiger partial charge in [0, 0.05) is 36.6 Å². The molecule has 2 aromatic rings. The molecule has 5 rings (SSSR count). The topological polar surface area (TPSA) is 88.6 Å². The SMILES string of the molecule is CP(C)(=O)c1nc(C2CCNCC2)cc2c1OCc1c(N3CCOCC3)ccnc1N2. The third-order valence-electron chi connectivity index (χ3n) is 6.24. The number of rotatable bonds is 3. The van der Waals surface area contributed by atoms with Crippen LogP contribution in [0, 0.1) is 0 Å². The lowest BCUT2D eigenvalue weighted by molar-refractivity contribution is 0.122. The molecule has 2 saturated heterocycles. The first kappa shape index (κ1) is 20.7. The zero-order valence-electron chi connectivity index (χ0n) is 18.2. The second-order valence-electron chi connectivity index (χ2n) is 8.79. The first-order valence-electron chi connectivity index (χ1n) is 11.0. The second-order valence-corrected chi connectivity index (χ2v) is 11.9. The second kappa shape index (κ2) is 8.41. The molecule has 3 aliphatic heterocycles. The van der Waals surface area contributed by atoms with Crippen LogP contribution in [0.2, 0.25) is 0 Å². The molecule has 0 bridgehead atoms. The third-order valence-corrected chi connectivity index (χ3v) is 7.56. The predicted molar refractivity (Wildman–Crippen MR) is 123 cm³/mol. The lowest BCUT2D eigenvalue weighted by Gasteiger charge is -2.30. The molecule has 0 amide bonds. The summed E-state index contributed by atoms with van der Waals surface area (Å²) >= 11 is 0. The Morgan fingerprint density at radius 2 is 1.97 bits per heavy atom. The Morgan fingerprint density at radius 3 is 2.71 bits per heavy atom. The lowest BCUT2D eigenvalue weighted by Crippen LogP contribution is -2.37. The van der Waals surface area contributed by atoms with Crippen molar-refractivity contribution in [3.63, 3.8) is 0 Å². The zero-order valence-corrected chi connectivity index (χ0v) is 19.1. The van der Waals surface area contributed by atoms with Crippen molar-refractivity contribution in [3.05, 3.63) is 29.6 Å². The number of morpholine rings is 1. The molecule has 0 aliphatic carbocycles. The van der Waals surface area contributed by atoms with Gasteiger partial charge in [0.25, 0.3) is 0 Å². The van der Waals surface area contributed by atoms with Crippen molar-refractivity contribution in [2.45, 2.75) is 25.4 Å². The quantitative estimate of drug-likeness (QED) is 0.700. The maximum absolute atomic E-state index is 13.2. The highest BCUT2D eigenvalue weighted by atomic mass is 31.2. The molecule has 9 heteroatoms. The van der Waals surface area contributed by atoms with Gasteiger partial charge in [-0.1, -0.05) is 0 Å². The number of pyridine rings is 2. The highest BCUT2D eigenvalue weighted by Crippen LogP contribution is 2.45. The maximum Gasteiger partial charge on any atom is 0.172 e. The Labute approximate surface area is 183 Å². The standard InChI is InChI=1S/C22H30N5O3P/c1-31(2,28)22-20-18(13-17(26-22)15-3-6-23-7-4-15)25-21-16(14-30-20)19(5-8-24-21)27-9-11-29-12-10-27/h5,8,13,15,23H,3-4,6-7,9-12,14H2,1-2H3,(H,24,25). The maximum atomic E-state index is 13.2. The number of piperidine rings is 1. The van der Waals surface area contributed by atoms with E-state index in [0.717, 1.165) is 67.5 Å². The summed E-state index contributed by atoms with van der Waals surface area (Å²) < 4.78 is 25.0. The summed E-state index contributed by atoms with van der Waals surface area (Å²) in [4.78, 5) is 11.8. The molecule has 31 heavy (non-hydrogen) atoms. The highest BCUT2D eigenvalue weighted by Gasteiger charge is 2.30. The van der Waals surface area contributed by atoms with Crippen LogP contribution in [0.5, 0.6) is 5.75 Å². The van der Waals surface area contributed by atoms with Crippen LogP contribution in [-0.4, -0.2) is 62.7 Å². The van der Waals surface area contributed by atoms with Gasteiger partial charge in [-0.25, -0.2) is 9.97 Å². The summed E-state index contributed by atoms with van der Waals surface area (Å²) in [7, 11) is -2.65. The van der Waals surface area contributed by atoms with Crippen LogP contribution >= 0.6 is 7.14 Å². The predicted octanol–water partition coefficient (Wildman–Crippen LogP) is 2.66. The molecule has 5 heterocycles. The minimum atomic E-state index is -2.65. The number of ether oxygens (including phenoxy) is 2. The minimum Gasteiger partial charge on any atom is -0.484 e. The van der Waals surface area contributed by atoms with Gasteiger partial charge in [-0.2, -0.15) is 0 Å². The lowest BCUT2D eigenvalue weighted by atomic mass is 9.94. The molecule has 0 aromatic carbocycles. The Morgan fingerprint density at radius 1 is 1.19 bits per heavy atom. The van der Waals surface area contributed by atoms with Crippen molar-refractivity contribution in [2.24, 2.45) is 0 Å². The number of aromatic nitrogens is 2. The van der Waals surface area contributed by atoms with E-state index in [1.165, 1.54) is 0 Å². The van der Waals surface area contributed by atoms with Crippen molar-refractivity contribution in [1.82, 2.24) is 15.3 Å². The number of nitrogens with one attached hydrogen (secondary N) is 2. The molecular weight excluding hydrogens is 413 g/mol. The molecule has 0 spiro atoms. The van der Waals surface area contributed by atoms with E-state index in [0.29, 0.717) is 36.9 Å². The smallest absolute Gasteiger partial charge is 0.172 e. The van der Waals surface area contributed by atoms with Crippen molar-refractivity contribution in [2.75, 3.05) is 62.9 Å². The summed E-state index contributed by atoms with van der Waals surface area (Å²) in [6.45, 7) is 8.96. The Kier molecular flexibility index (Phi) is 5.63. The van der Waals surface area contributed by atoms with Crippen LogP contribution in [0.4, 0.5) is 17.2 Å². The van der Waals surface area contributed by atoms with Crippen LogP contribution in [-0.2, 0) is 15.9 Å². The van der Waals surface area contributed by atoms with E-state index in [9.17, 15) is 4.57 Å². The monoisotopic (exact) mass is 443 g/mol. The molecule has 0 atom stereocenters. The summed E-state index contributed by atoms with van der Waals surface area (Å²) in [5, 5.41) is 6.91. The average Bonchev–Trinajstić information content (AvgIpc) is 2.98. The van der Waals surface area contributed by atoms with Crippen molar-refractivity contribution in [3.8, 4) is 5.75 Å². The van der Waals surface area contributed by atoms with Gasteiger partial charge in [-0.05, 0) is 51.4 Å². The summed E-state index contributed by atoms with van der Waals surface area (Å²) in [5.74, 6) is 1.74. The fourth-order valence-electron chi connectivity index (χ4n) is 4.57. The highest BCUT2D eigenvalue weighted by molar-refractivity contribution is 7.70. The minimum absolute atomic E-state index is 0.356. The first-order chi connectivity index (χ1) is 15.0. The van der Waals surface area contributed by atoms with E-state index in [4.69, 9.17) is 14.5 Å². The van der Waals surface area contributed by atoms with Gasteiger partial charge in [0.1, 0.15) is 25.0 Å². The van der Waals surface area contributed by atoms with Crippen LogP contribution in [0.15, 0.2) is 18.3 Å². The fourth-order valence-corrected chi connectivity index (χ4v) is 5.60. The number of anilines is 3. The summed E-state index contributed by atoms with van der Waals surface area (Å²) in [5.41, 5.74) is 4.50. The van der Waals surface area contributed by atoms with E-state index in [2.05, 4.69) is 26.6 Å². The molecule has 2 aromatic heterocycles.